The number of piperazine rings is 1. The lowest BCUT2D eigenvalue weighted by atomic mass is 10.0. The molecule has 1 N–H and O–H groups in total. The van der Waals surface area contributed by atoms with Crippen LogP contribution in [0.25, 0.3) is 0 Å². The number of aryl methyl sites for hydroxylation is 2. The fourth-order valence-corrected chi connectivity index (χ4v) is 4.20. The van der Waals surface area contributed by atoms with Crippen LogP contribution in [0.1, 0.15) is 49.0 Å². The lowest BCUT2D eigenvalue weighted by molar-refractivity contribution is -0.0563. The maximum atomic E-state index is 10.4. The van der Waals surface area contributed by atoms with Crippen LogP contribution in [0.5, 0.6) is 0 Å². The highest BCUT2D eigenvalue weighted by Crippen LogP contribution is 2.26. The van der Waals surface area contributed by atoms with E-state index in [9.17, 15) is 5.11 Å². The number of aromatic nitrogens is 2. The molecule has 7 heteroatoms. The van der Waals surface area contributed by atoms with Crippen LogP contribution in [0.3, 0.4) is 0 Å². The molecular formula is C26H40N4O3. The maximum Gasteiger partial charge on any atom is 0.136 e. The highest BCUT2D eigenvalue weighted by Gasteiger charge is 2.25. The van der Waals surface area contributed by atoms with Crippen LogP contribution in [0.15, 0.2) is 24.3 Å². The first kappa shape index (κ1) is 25.6. The molecule has 3 rings (SSSR count). The molecule has 1 aliphatic heterocycles. The Morgan fingerprint density at radius 3 is 2.45 bits per heavy atom. The van der Waals surface area contributed by atoms with Crippen LogP contribution in [0, 0.1) is 13.8 Å². The quantitative estimate of drug-likeness (QED) is 0.622. The van der Waals surface area contributed by atoms with E-state index < -0.39 is 6.10 Å². The highest BCUT2D eigenvalue weighted by atomic mass is 16.5. The van der Waals surface area contributed by atoms with Crippen molar-refractivity contribution >= 4 is 5.82 Å². The molecule has 0 bridgehead atoms. The summed E-state index contributed by atoms with van der Waals surface area (Å²) >= 11 is 0. The number of benzene rings is 1. The van der Waals surface area contributed by atoms with Crippen molar-refractivity contribution in [3.05, 3.63) is 52.5 Å². The number of hydrogen-bond acceptors (Lipinski definition) is 7. The lowest BCUT2D eigenvalue weighted by Gasteiger charge is -2.37. The van der Waals surface area contributed by atoms with Gasteiger partial charge in [0.05, 0.1) is 30.6 Å². The molecule has 0 radical (unpaired) electrons. The first-order valence-electron chi connectivity index (χ1n) is 11.8. The highest BCUT2D eigenvalue weighted by molar-refractivity contribution is 5.52. The third-order valence-electron chi connectivity index (χ3n) is 5.78. The summed E-state index contributed by atoms with van der Waals surface area (Å²) in [4.78, 5) is 14.2. The molecule has 33 heavy (non-hydrogen) atoms. The molecule has 0 spiro atoms. The molecule has 182 valence electrons. The molecule has 1 atom stereocenters. The van der Waals surface area contributed by atoms with Crippen molar-refractivity contribution in [2.45, 2.75) is 59.4 Å². The van der Waals surface area contributed by atoms with Crippen molar-refractivity contribution in [1.29, 1.82) is 0 Å². The SMILES string of the molecule is COCc1nc(C)nc(N2CCN(CC(O)COC(C)(C)C)CC2)c1Cc1cccc(C)c1. The second kappa shape index (κ2) is 11.4. The summed E-state index contributed by atoms with van der Waals surface area (Å²) < 4.78 is 11.2. The third kappa shape index (κ3) is 7.74. The van der Waals surface area contributed by atoms with Crippen LogP contribution < -0.4 is 4.90 Å². The summed E-state index contributed by atoms with van der Waals surface area (Å²) in [7, 11) is 1.71. The van der Waals surface area contributed by atoms with Gasteiger partial charge in [-0.15, -0.1) is 0 Å². The van der Waals surface area contributed by atoms with Gasteiger partial charge < -0.3 is 19.5 Å². The molecule has 1 unspecified atom stereocenters. The average molecular weight is 457 g/mol. The number of nitrogens with zero attached hydrogens (tertiary/aromatic N) is 4. The monoisotopic (exact) mass is 456 g/mol. The molecule has 1 aromatic carbocycles. The van der Waals surface area contributed by atoms with E-state index in [-0.39, 0.29) is 5.60 Å². The lowest BCUT2D eigenvalue weighted by Crippen LogP contribution is -2.50. The molecule has 7 nitrogen and oxygen atoms in total. The van der Waals surface area contributed by atoms with Gasteiger partial charge in [-0.3, -0.25) is 4.90 Å². The normalized spacial score (nSPS) is 16.3. The number of aliphatic hydroxyl groups excluding tert-OH is 1. The van der Waals surface area contributed by atoms with E-state index in [0.717, 1.165) is 55.5 Å². The number of ether oxygens (including phenoxy) is 2. The molecule has 0 aliphatic carbocycles. The van der Waals surface area contributed by atoms with Crippen LogP contribution in [0.4, 0.5) is 5.82 Å². The van der Waals surface area contributed by atoms with Crippen molar-refractivity contribution in [2.24, 2.45) is 0 Å². The Hall–Kier alpha value is -2.06. The average Bonchev–Trinajstić information content (AvgIpc) is 2.74. The summed E-state index contributed by atoms with van der Waals surface area (Å²) in [5.41, 5.74) is 4.36. The zero-order valence-corrected chi connectivity index (χ0v) is 21.1. The minimum Gasteiger partial charge on any atom is -0.389 e. The van der Waals surface area contributed by atoms with Crippen LogP contribution in [0.2, 0.25) is 0 Å². The molecule has 1 saturated heterocycles. The fourth-order valence-electron chi connectivity index (χ4n) is 4.20. The van der Waals surface area contributed by atoms with Gasteiger partial charge in [-0.1, -0.05) is 29.8 Å². The van der Waals surface area contributed by atoms with E-state index in [1.807, 2.05) is 27.7 Å². The van der Waals surface area contributed by atoms with Crippen molar-refractivity contribution in [2.75, 3.05) is 51.3 Å². The van der Waals surface area contributed by atoms with Crippen molar-refractivity contribution < 1.29 is 14.6 Å². The number of hydrogen-bond donors (Lipinski definition) is 1. The first-order valence-corrected chi connectivity index (χ1v) is 11.8. The second-order valence-corrected chi connectivity index (χ2v) is 9.98. The summed E-state index contributed by atoms with van der Waals surface area (Å²) in [5, 5.41) is 10.4. The summed E-state index contributed by atoms with van der Waals surface area (Å²) in [6.07, 6.45) is 0.293. The van der Waals surface area contributed by atoms with Gasteiger partial charge >= 0.3 is 0 Å². The molecule has 1 aromatic heterocycles. The Balaban J connectivity index is 1.72. The number of β-amino-alcohol motifs (C(OH)–C–C–N with tert-alkyl or cyclic N) is 1. The van der Waals surface area contributed by atoms with Crippen LogP contribution in [-0.4, -0.2) is 78.1 Å². The van der Waals surface area contributed by atoms with E-state index >= 15 is 0 Å². The zero-order chi connectivity index (χ0) is 24.0. The van der Waals surface area contributed by atoms with Gasteiger partial charge in [-0.25, -0.2) is 9.97 Å². The van der Waals surface area contributed by atoms with Crippen molar-refractivity contribution in [1.82, 2.24) is 14.9 Å². The number of aliphatic hydroxyl groups is 1. The van der Waals surface area contributed by atoms with E-state index in [1.54, 1.807) is 7.11 Å². The molecule has 0 amide bonds. The number of methoxy groups -OCH3 is 1. The van der Waals surface area contributed by atoms with Crippen LogP contribution >= 0.6 is 0 Å². The molecular weight excluding hydrogens is 416 g/mol. The second-order valence-electron chi connectivity index (χ2n) is 9.98. The van der Waals surface area contributed by atoms with Gasteiger partial charge in [0.15, 0.2) is 0 Å². The molecule has 1 aliphatic rings. The Morgan fingerprint density at radius 1 is 1.09 bits per heavy atom. The van der Waals surface area contributed by atoms with E-state index in [0.29, 0.717) is 19.8 Å². The van der Waals surface area contributed by atoms with E-state index in [4.69, 9.17) is 19.4 Å². The van der Waals surface area contributed by atoms with Gasteiger partial charge in [0, 0.05) is 51.8 Å². The largest absolute Gasteiger partial charge is 0.389 e. The minimum atomic E-state index is -0.484. The molecule has 2 heterocycles. The molecule has 1 fully saturated rings. The summed E-state index contributed by atoms with van der Waals surface area (Å²) in [6, 6.07) is 8.60. The predicted octanol–water partition coefficient (Wildman–Crippen LogP) is 3.13. The Labute approximate surface area is 198 Å². The number of anilines is 1. The smallest absolute Gasteiger partial charge is 0.136 e. The molecule has 0 saturated carbocycles. The Bertz CT molecular complexity index is 905. The predicted molar refractivity (Wildman–Crippen MR) is 132 cm³/mol. The van der Waals surface area contributed by atoms with Gasteiger partial charge in [-0.05, 0) is 40.2 Å². The van der Waals surface area contributed by atoms with E-state index in [1.165, 1.54) is 11.1 Å². The third-order valence-corrected chi connectivity index (χ3v) is 5.78. The van der Waals surface area contributed by atoms with E-state index in [2.05, 4.69) is 41.0 Å². The van der Waals surface area contributed by atoms with Crippen molar-refractivity contribution in [3.8, 4) is 0 Å². The summed E-state index contributed by atoms with van der Waals surface area (Å²) in [6.45, 7) is 15.0. The molecule has 2 aromatic rings. The van der Waals surface area contributed by atoms with Gasteiger partial charge in [0.2, 0.25) is 0 Å². The standard InChI is InChI=1S/C26H40N4O3/c1-19-8-7-9-21(14-19)15-23-24(18-32-6)27-20(2)28-25(23)30-12-10-29(11-13-30)16-22(31)17-33-26(3,4)5/h7-9,14,22,31H,10-13,15-18H2,1-6H3. The fraction of sp³-hybridized carbons (Fsp3) is 0.615. The number of rotatable bonds is 9. The van der Waals surface area contributed by atoms with Crippen LogP contribution in [-0.2, 0) is 22.5 Å². The first-order chi connectivity index (χ1) is 15.6. The zero-order valence-electron chi connectivity index (χ0n) is 21.1. The topological polar surface area (TPSA) is 71.0 Å². The van der Waals surface area contributed by atoms with Gasteiger partial charge in [-0.2, -0.15) is 0 Å². The van der Waals surface area contributed by atoms with Crippen molar-refractivity contribution in [3.63, 3.8) is 0 Å². The maximum absolute atomic E-state index is 10.4. The van der Waals surface area contributed by atoms with Gasteiger partial charge in [0.25, 0.3) is 0 Å². The van der Waals surface area contributed by atoms with Gasteiger partial charge in [0.1, 0.15) is 11.6 Å². The minimum absolute atomic E-state index is 0.238. The summed E-state index contributed by atoms with van der Waals surface area (Å²) in [5.74, 6) is 1.77. The Kier molecular flexibility index (Phi) is 8.82. The Morgan fingerprint density at radius 2 is 1.82 bits per heavy atom.